The fraction of sp³-hybridized carbons (Fsp3) is 0.182. The standard InChI is InChI=1S/C22H18N4O8/c1-3-32-22(27)19-12(2)33-21(24)16(11-23)20(19)13-4-7-15(8-5-13)34-18-9-6-14(25(28)29)10-17(18)26(30)31/h4-10,20H,3,24H2,1-2H3. The molecule has 34 heavy (non-hydrogen) atoms. The number of ether oxygens (including phenoxy) is 3. The van der Waals surface area contributed by atoms with E-state index in [4.69, 9.17) is 19.9 Å². The maximum absolute atomic E-state index is 12.6. The van der Waals surface area contributed by atoms with Gasteiger partial charge in [-0.15, -0.1) is 0 Å². The van der Waals surface area contributed by atoms with Gasteiger partial charge in [-0.25, -0.2) is 4.79 Å². The van der Waals surface area contributed by atoms with Crippen LogP contribution in [0, 0.1) is 31.6 Å². The van der Waals surface area contributed by atoms with E-state index in [0.717, 1.165) is 18.2 Å². The molecule has 1 unspecified atom stereocenters. The Morgan fingerprint density at radius 1 is 1.18 bits per heavy atom. The molecule has 0 fully saturated rings. The zero-order valence-electron chi connectivity index (χ0n) is 18.0. The Morgan fingerprint density at radius 3 is 2.41 bits per heavy atom. The first-order valence-electron chi connectivity index (χ1n) is 9.84. The minimum absolute atomic E-state index is 0.0216. The van der Waals surface area contributed by atoms with Crippen LogP contribution in [0.5, 0.6) is 11.5 Å². The fourth-order valence-electron chi connectivity index (χ4n) is 3.39. The van der Waals surface area contributed by atoms with Gasteiger partial charge in [-0.2, -0.15) is 5.26 Å². The van der Waals surface area contributed by atoms with Crippen LogP contribution in [0.3, 0.4) is 0 Å². The highest BCUT2D eigenvalue weighted by Crippen LogP contribution is 2.41. The predicted octanol–water partition coefficient (Wildman–Crippen LogP) is 3.94. The smallest absolute Gasteiger partial charge is 0.338 e. The van der Waals surface area contributed by atoms with Crippen molar-refractivity contribution >= 4 is 17.3 Å². The second-order valence-electron chi connectivity index (χ2n) is 6.95. The van der Waals surface area contributed by atoms with Crippen molar-refractivity contribution in [1.82, 2.24) is 0 Å². The molecule has 0 spiro atoms. The van der Waals surface area contributed by atoms with E-state index in [-0.39, 0.29) is 40.9 Å². The molecule has 1 aliphatic rings. The van der Waals surface area contributed by atoms with Crippen molar-refractivity contribution in [2.75, 3.05) is 6.61 Å². The summed E-state index contributed by atoms with van der Waals surface area (Å²) >= 11 is 0. The van der Waals surface area contributed by atoms with E-state index < -0.39 is 33.1 Å². The molecule has 2 N–H and O–H groups in total. The van der Waals surface area contributed by atoms with Gasteiger partial charge in [0.15, 0.2) is 0 Å². The molecule has 0 radical (unpaired) electrons. The minimum Gasteiger partial charge on any atom is -0.463 e. The van der Waals surface area contributed by atoms with Gasteiger partial charge in [0, 0.05) is 6.07 Å². The molecule has 0 saturated carbocycles. The number of hydrogen-bond acceptors (Lipinski definition) is 10. The van der Waals surface area contributed by atoms with Gasteiger partial charge >= 0.3 is 11.7 Å². The Balaban J connectivity index is 1.97. The van der Waals surface area contributed by atoms with E-state index in [1.165, 1.54) is 19.1 Å². The van der Waals surface area contributed by atoms with Crippen molar-refractivity contribution in [3.63, 3.8) is 0 Å². The highest BCUT2D eigenvalue weighted by Gasteiger charge is 2.36. The quantitative estimate of drug-likeness (QED) is 0.356. The Hall–Kier alpha value is -4.92. The van der Waals surface area contributed by atoms with Crippen LogP contribution in [-0.2, 0) is 14.3 Å². The van der Waals surface area contributed by atoms with Crippen molar-refractivity contribution in [2.45, 2.75) is 19.8 Å². The number of allylic oxidation sites excluding steroid dienone is 2. The third-order valence-electron chi connectivity index (χ3n) is 4.89. The van der Waals surface area contributed by atoms with Crippen molar-refractivity contribution in [3.8, 4) is 17.6 Å². The maximum atomic E-state index is 12.6. The molecule has 0 amide bonds. The molecule has 1 atom stereocenters. The normalized spacial score (nSPS) is 15.3. The van der Waals surface area contributed by atoms with E-state index in [0.29, 0.717) is 5.56 Å². The molecular formula is C22H18N4O8. The second kappa shape index (κ2) is 9.70. The van der Waals surface area contributed by atoms with Crippen LogP contribution in [0.2, 0.25) is 0 Å². The molecule has 0 aliphatic carbocycles. The van der Waals surface area contributed by atoms with Crippen molar-refractivity contribution in [2.24, 2.45) is 5.73 Å². The van der Waals surface area contributed by atoms with Gasteiger partial charge in [0.25, 0.3) is 5.69 Å². The van der Waals surface area contributed by atoms with Gasteiger partial charge in [-0.1, -0.05) is 12.1 Å². The summed E-state index contributed by atoms with van der Waals surface area (Å²) in [5.74, 6) is -1.48. The summed E-state index contributed by atoms with van der Waals surface area (Å²) in [5, 5.41) is 31.9. The van der Waals surface area contributed by atoms with Crippen LogP contribution >= 0.6 is 0 Å². The highest BCUT2D eigenvalue weighted by atomic mass is 16.6. The summed E-state index contributed by atoms with van der Waals surface area (Å²) in [5.41, 5.74) is 5.48. The Bertz CT molecular complexity index is 1270. The van der Waals surface area contributed by atoms with Gasteiger partial charge in [-0.05, 0) is 37.6 Å². The number of nitriles is 1. The molecule has 2 aromatic rings. The lowest BCUT2D eigenvalue weighted by molar-refractivity contribution is -0.394. The lowest BCUT2D eigenvalue weighted by Gasteiger charge is -2.26. The third-order valence-corrected chi connectivity index (χ3v) is 4.89. The molecule has 1 heterocycles. The molecule has 1 aliphatic heterocycles. The third kappa shape index (κ3) is 4.63. The van der Waals surface area contributed by atoms with E-state index in [2.05, 4.69) is 0 Å². The van der Waals surface area contributed by atoms with Gasteiger partial charge in [0.2, 0.25) is 11.6 Å². The average molecular weight is 466 g/mol. The number of nitrogens with two attached hydrogens (primary N) is 1. The van der Waals surface area contributed by atoms with Crippen LogP contribution in [0.4, 0.5) is 11.4 Å². The van der Waals surface area contributed by atoms with E-state index in [1.54, 1.807) is 19.1 Å². The van der Waals surface area contributed by atoms with Crippen LogP contribution in [0.15, 0.2) is 65.3 Å². The van der Waals surface area contributed by atoms with Crippen molar-refractivity contribution in [3.05, 3.63) is 91.0 Å². The van der Waals surface area contributed by atoms with Gasteiger partial charge in [0.1, 0.15) is 23.2 Å². The number of esters is 1. The molecule has 3 rings (SSSR count). The number of non-ortho nitro benzene ring substituents is 1. The summed E-state index contributed by atoms with van der Waals surface area (Å²) in [7, 11) is 0. The second-order valence-corrected chi connectivity index (χ2v) is 6.95. The summed E-state index contributed by atoms with van der Waals surface area (Å²) in [6, 6.07) is 11.0. The minimum atomic E-state index is -0.861. The number of carbonyl (C=O) groups excluding carboxylic acids is 1. The molecule has 174 valence electrons. The number of nitrogens with zero attached hydrogens (tertiary/aromatic N) is 3. The predicted molar refractivity (Wildman–Crippen MR) is 116 cm³/mol. The van der Waals surface area contributed by atoms with E-state index >= 15 is 0 Å². The first-order chi connectivity index (χ1) is 16.2. The van der Waals surface area contributed by atoms with Crippen LogP contribution < -0.4 is 10.5 Å². The fourth-order valence-corrected chi connectivity index (χ4v) is 3.39. The number of carbonyl (C=O) groups is 1. The molecule has 2 aromatic carbocycles. The summed E-state index contributed by atoms with van der Waals surface area (Å²) in [4.78, 5) is 33.3. The zero-order valence-corrected chi connectivity index (χ0v) is 18.0. The van der Waals surface area contributed by atoms with Crippen molar-refractivity contribution in [1.29, 1.82) is 5.26 Å². The first kappa shape index (κ1) is 23.7. The summed E-state index contributed by atoms with van der Waals surface area (Å²) in [6.45, 7) is 3.29. The van der Waals surface area contributed by atoms with Gasteiger partial charge in [0.05, 0.1) is 34.0 Å². The number of nitro benzene ring substituents is 2. The highest BCUT2D eigenvalue weighted by molar-refractivity contribution is 5.92. The maximum Gasteiger partial charge on any atom is 0.338 e. The van der Waals surface area contributed by atoms with E-state index in [1.807, 2.05) is 6.07 Å². The van der Waals surface area contributed by atoms with Crippen LogP contribution in [0.25, 0.3) is 0 Å². The Kier molecular flexibility index (Phi) is 6.77. The first-order valence-corrected chi connectivity index (χ1v) is 9.84. The molecule has 0 bridgehead atoms. The molecule has 0 saturated heterocycles. The van der Waals surface area contributed by atoms with Crippen molar-refractivity contribution < 1.29 is 28.9 Å². The van der Waals surface area contributed by atoms with Gasteiger partial charge < -0.3 is 19.9 Å². The topological polar surface area (TPSA) is 181 Å². The summed E-state index contributed by atoms with van der Waals surface area (Å²) < 4.78 is 16.0. The Labute approximate surface area is 192 Å². The number of nitro groups is 2. The van der Waals surface area contributed by atoms with E-state index in [9.17, 15) is 30.3 Å². The number of rotatable bonds is 7. The summed E-state index contributed by atoms with van der Waals surface area (Å²) in [6.07, 6.45) is 0. The monoisotopic (exact) mass is 466 g/mol. The zero-order chi connectivity index (χ0) is 25.0. The largest absolute Gasteiger partial charge is 0.463 e. The molecule has 12 nitrogen and oxygen atoms in total. The molecule has 12 heteroatoms. The molecular weight excluding hydrogens is 448 g/mol. The van der Waals surface area contributed by atoms with Crippen LogP contribution in [0.1, 0.15) is 25.3 Å². The average Bonchev–Trinajstić information content (AvgIpc) is 2.79. The van der Waals surface area contributed by atoms with Gasteiger partial charge in [-0.3, -0.25) is 20.2 Å². The number of benzene rings is 2. The van der Waals surface area contributed by atoms with Crippen LogP contribution in [-0.4, -0.2) is 22.4 Å². The SMILES string of the molecule is CCOC(=O)C1=C(C)OC(N)=C(C#N)C1c1ccc(Oc2ccc([N+](=O)[O-])cc2[N+](=O)[O-])cc1. The number of hydrogen-bond donors (Lipinski definition) is 1. The lowest BCUT2D eigenvalue weighted by atomic mass is 9.83. The molecule has 0 aromatic heterocycles. The lowest BCUT2D eigenvalue weighted by Crippen LogP contribution is -2.25. The Morgan fingerprint density at radius 2 is 1.85 bits per heavy atom.